The van der Waals surface area contributed by atoms with Crippen LogP contribution >= 0.6 is 0 Å². The number of amides is 1. The minimum absolute atomic E-state index is 0.200. The molecule has 0 atom stereocenters. The predicted molar refractivity (Wildman–Crippen MR) is 119 cm³/mol. The van der Waals surface area contributed by atoms with Crippen molar-refractivity contribution in [3.05, 3.63) is 47.5 Å². The van der Waals surface area contributed by atoms with Gasteiger partial charge in [-0.05, 0) is 30.2 Å². The number of methoxy groups -OCH3 is 4. The summed E-state index contributed by atoms with van der Waals surface area (Å²) < 4.78 is 21.7. The first-order valence-corrected chi connectivity index (χ1v) is 10.5. The summed E-state index contributed by atoms with van der Waals surface area (Å²) in [6.45, 7) is 3.83. The van der Waals surface area contributed by atoms with Gasteiger partial charge in [0.1, 0.15) is 5.75 Å². The molecule has 0 bridgehead atoms. The maximum Gasteiger partial charge on any atom is 0.222 e. The molecule has 7 nitrogen and oxygen atoms in total. The van der Waals surface area contributed by atoms with Gasteiger partial charge in [-0.15, -0.1) is 0 Å². The molecule has 1 aliphatic heterocycles. The highest BCUT2D eigenvalue weighted by Gasteiger charge is 2.23. The van der Waals surface area contributed by atoms with Crippen molar-refractivity contribution < 1.29 is 23.7 Å². The van der Waals surface area contributed by atoms with E-state index in [1.165, 1.54) is 0 Å². The Morgan fingerprint density at radius 1 is 0.871 bits per heavy atom. The fourth-order valence-corrected chi connectivity index (χ4v) is 3.92. The minimum Gasteiger partial charge on any atom is -0.497 e. The first-order chi connectivity index (χ1) is 15.1. The van der Waals surface area contributed by atoms with Crippen LogP contribution in [0.1, 0.15) is 17.5 Å². The maximum absolute atomic E-state index is 12.7. The Kier molecular flexibility index (Phi) is 8.00. The second-order valence-electron chi connectivity index (χ2n) is 7.50. The van der Waals surface area contributed by atoms with Gasteiger partial charge in [0.05, 0.1) is 28.4 Å². The smallest absolute Gasteiger partial charge is 0.222 e. The van der Waals surface area contributed by atoms with Crippen molar-refractivity contribution in [2.75, 3.05) is 54.6 Å². The van der Waals surface area contributed by atoms with Gasteiger partial charge in [0.2, 0.25) is 11.7 Å². The molecular formula is C24H32N2O5. The fraction of sp³-hybridized carbons (Fsp3) is 0.458. The van der Waals surface area contributed by atoms with Crippen molar-refractivity contribution >= 4 is 5.91 Å². The van der Waals surface area contributed by atoms with Gasteiger partial charge >= 0.3 is 0 Å². The number of carbonyl (C=O) groups is 1. The average Bonchev–Trinajstić information content (AvgIpc) is 2.82. The Morgan fingerprint density at radius 3 is 2.26 bits per heavy atom. The van der Waals surface area contributed by atoms with Gasteiger partial charge in [0, 0.05) is 44.7 Å². The predicted octanol–water partition coefficient (Wildman–Crippen LogP) is 3.00. The molecule has 0 aliphatic carbocycles. The first-order valence-electron chi connectivity index (χ1n) is 10.5. The van der Waals surface area contributed by atoms with E-state index in [1.54, 1.807) is 28.4 Å². The standard InChI is InChI=1S/C24H32N2O5/c1-28-20-7-5-6-18(16-20)8-11-22(27)26-14-12-25(13-15-26)17-19-9-10-21(29-2)24(31-4)23(19)30-3/h5-7,9-10,16H,8,11-15,17H2,1-4H3. The van der Waals surface area contributed by atoms with Crippen LogP contribution < -0.4 is 18.9 Å². The Hall–Kier alpha value is -2.93. The molecule has 0 spiro atoms. The van der Waals surface area contributed by atoms with Crippen molar-refractivity contribution in [2.45, 2.75) is 19.4 Å². The van der Waals surface area contributed by atoms with Crippen molar-refractivity contribution in [2.24, 2.45) is 0 Å². The molecule has 31 heavy (non-hydrogen) atoms. The number of benzene rings is 2. The topological polar surface area (TPSA) is 60.5 Å². The molecular weight excluding hydrogens is 396 g/mol. The second kappa shape index (κ2) is 10.9. The molecule has 1 fully saturated rings. The number of hydrogen-bond donors (Lipinski definition) is 0. The number of aryl methyl sites for hydroxylation is 1. The maximum atomic E-state index is 12.7. The van der Waals surface area contributed by atoms with Crippen LogP contribution in [0.3, 0.4) is 0 Å². The largest absolute Gasteiger partial charge is 0.497 e. The zero-order valence-electron chi connectivity index (χ0n) is 18.8. The monoisotopic (exact) mass is 428 g/mol. The minimum atomic E-state index is 0.200. The highest BCUT2D eigenvalue weighted by Crippen LogP contribution is 2.40. The van der Waals surface area contributed by atoms with Gasteiger partial charge in [0.25, 0.3) is 0 Å². The molecule has 2 aromatic carbocycles. The summed E-state index contributed by atoms with van der Waals surface area (Å²) in [5.41, 5.74) is 2.16. The summed E-state index contributed by atoms with van der Waals surface area (Å²) in [6, 6.07) is 11.8. The molecule has 2 aromatic rings. The third kappa shape index (κ3) is 5.61. The van der Waals surface area contributed by atoms with Gasteiger partial charge in [-0.1, -0.05) is 18.2 Å². The molecule has 1 saturated heterocycles. The van der Waals surface area contributed by atoms with Crippen LogP contribution in [0.5, 0.6) is 23.0 Å². The van der Waals surface area contributed by atoms with E-state index in [-0.39, 0.29) is 5.91 Å². The van der Waals surface area contributed by atoms with Gasteiger partial charge in [-0.25, -0.2) is 0 Å². The molecule has 0 N–H and O–H groups in total. The number of carbonyl (C=O) groups excluding carboxylic acids is 1. The van der Waals surface area contributed by atoms with Gasteiger partial charge in [0.15, 0.2) is 11.5 Å². The van der Waals surface area contributed by atoms with Crippen molar-refractivity contribution in [1.82, 2.24) is 9.80 Å². The van der Waals surface area contributed by atoms with Crippen molar-refractivity contribution in [3.63, 3.8) is 0 Å². The van der Waals surface area contributed by atoms with E-state index in [0.717, 1.165) is 56.0 Å². The number of ether oxygens (including phenoxy) is 4. The highest BCUT2D eigenvalue weighted by molar-refractivity contribution is 5.76. The van der Waals surface area contributed by atoms with E-state index < -0.39 is 0 Å². The van der Waals surface area contributed by atoms with Crippen LogP contribution in [0.25, 0.3) is 0 Å². The third-order valence-corrected chi connectivity index (χ3v) is 5.67. The van der Waals surface area contributed by atoms with Gasteiger partial charge < -0.3 is 23.8 Å². The summed E-state index contributed by atoms with van der Waals surface area (Å²) in [5.74, 6) is 2.97. The molecule has 1 aliphatic rings. The van der Waals surface area contributed by atoms with Crippen LogP contribution in [0, 0.1) is 0 Å². The number of rotatable bonds is 9. The summed E-state index contributed by atoms with van der Waals surface area (Å²) in [6.07, 6.45) is 1.23. The SMILES string of the molecule is COc1cccc(CCC(=O)N2CCN(Cc3ccc(OC)c(OC)c3OC)CC2)c1. The lowest BCUT2D eigenvalue weighted by Crippen LogP contribution is -2.48. The molecule has 0 unspecified atom stereocenters. The van der Waals surface area contributed by atoms with E-state index in [0.29, 0.717) is 23.7 Å². The van der Waals surface area contributed by atoms with Crippen LogP contribution in [0.2, 0.25) is 0 Å². The van der Waals surface area contributed by atoms with Crippen LogP contribution in [-0.2, 0) is 17.8 Å². The Labute approximate surface area is 184 Å². The number of hydrogen-bond acceptors (Lipinski definition) is 6. The number of piperazine rings is 1. The third-order valence-electron chi connectivity index (χ3n) is 5.67. The lowest BCUT2D eigenvalue weighted by atomic mass is 10.1. The zero-order chi connectivity index (χ0) is 22.2. The van der Waals surface area contributed by atoms with Crippen LogP contribution in [-0.4, -0.2) is 70.3 Å². The van der Waals surface area contributed by atoms with Gasteiger partial charge in [-0.2, -0.15) is 0 Å². The lowest BCUT2D eigenvalue weighted by molar-refractivity contribution is -0.133. The van der Waals surface area contributed by atoms with Crippen LogP contribution in [0.4, 0.5) is 0 Å². The zero-order valence-corrected chi connectivity index (χ0v) is 18.8. The molecule has 0 aromatic heterocycles. The van der Waals surface area contributed by atoms with Crippen molar-refractivity contribution in [3.8, 4) is 23.0 Å². The quantitative estimate of drug-likeness (QED) is 0.612. The molecule has 168 valence electrons. The molecule has 7 heteroatoms. The molecule has 0 radical (unpaired) electrons. The molecule has 3 rings (SSSR count). The summed E-state index contributed by atoms with van der Waals surface area (Å²) >= 11 is 0. The molecule has 1 amide bonds. The summed E-state index contributed by atoms with van der Waals surface area (Å²) in [5, 5.41) is 0. The van der Waals surface area contributed by atoms with E-state index in [2.05, 4.69) is 4.90 Å². The molecule has 1 heterocycles. The van der Waals surface area contributed by atoms with Crippen LogP contribution in [0.15, 0.2) is 36.4 Å². The van der Waals surface area contributed by atoms with E-state index in [1.807, 2.05) is 41.3 Å². The normalized spacial score (nSPS) is 14.3. The first kappa shape index (κ1) is 22.7. The second-order valence-corrected chi connectivity index (χ2v) is 7.50. The Balaban J connectivity index is 1.53. The highest BCUT2D eigenvalue weighted by atomic mass is 16.5. The average molecular weight is 429 g/mol. The summed E-state index contributed by atoms with van der Waals surface area (Å²) in [7, 11) is 6.52. The van der Waals surface area contributed by atoms with E-state index in [9.17, 15) is 4.79 Å². The fourth-order valence-electron chi connectivity index (χ4n) is 3.92. The van der Waals surface area contributed by atoms with Gasteiger partial charge in [-0.3, -0.25) is 9.69 Å². The summed E-state index contributed by atoms with van der Waals surface area (Å²) in [4.78, 5) is 17.0. The van der Waals surface area contributed by atoms with E-state index in [4.69, 9.17) is 18.9 Å². The molecule has 0 saturated carbocycles. The van der Waals surface area contributed by atoms with E-state index >= 15 is 0 Å². The Morgan fingerprint density at radius 2 is 1.61 bits per heavy atom. The lowest BCUT2D eigenvalue weighted by Gasteiger charge is -2.35. The number of nitrogens with zero attached hydrogens (tertiary/aromatic N) is 2. The Bertz CT molecular complexity index is 878. The van der Waals surface area contributed by atoms with Crippen molar-refractivity contribution in [1.29, 1.82) is 0 Å².